The average Bonchev–Trinajstić information content (AvgIpc) is 2.58. The number of hydrogen-bond acceptors (Lipinski definition) is 5. The largest absolute Gasteiger partial charge is 1.00 e. The number of aromatic hydroxyl groups is 1. The molecule has 7 nitrogen and oxygen atoms in total. The van der Waals surface area contributed by atoms with Gasteiger partial charge in [0.1, 0.15) is 5.75 Å². The summed E-state index contributed by atoms with van der Waals surface area (Å²) in [5.74, 6) is -0.779. The van der Waals surface area contributed by atoms with Crippen LogP contribution in [0.5, 0.6) is 5.75 Å². The van der Waals surface area contributed by atoms with Gasteiger partial charge in [0.25, 0.3) is 5.91 Å². The molecule has 0 saturated heterocycles. The first-order valence-electron chi connectivity index (χ1n) is 7.46. The van der Waals surface area contributed by atoms with E-state index in [2.05, 4.69) is 10.5 Å². The number of ether oxygens (including phenoxy) is 1. The van der Waals surface area contributed by atoms with Crippen molar-refractivity contribution in [2.75, 3.05) is 6.61 Å². The van der Waals surface area contributed by atoms with E-state index in [0.29, 0.717) is 22.8 Å². The van der Waals surface area contributed by atoms with E-state index >= 15 is 0 Å². The predicted octanol–water partition coefficient (Wildman–Crippen LogP) is -1.34. The molecule has 0 radical (unpaired) electrons. The first kappa shape index (κ1) is 21.6. The van der Waals surface area contributed by atoms with Gasteiger partial charge in [-0.3, -0.25) is 4.79 Å². The number of nitrogens with one attached hydrogen (secondary N) is 1. The molecule has 0 aliphatic carbocycles. The van der Waals surface area contributed by atoms with Crippen molar-refractivity contribution in [1.29, 1.82) is 0 Å². The highest BCUT2D eigenvalue weighted by Gasteiger charge is 2.12. The summed E-state index contributed by atoms with van der Waals surface area (Å²) < 4.78 is 6.45. The number of hydrogen-bond donors (Lipinski definition) is 2. The van der Waals surface area contributed by atoms with Crippen LogP contribution in [-0.4, -0.2) is 29.8 Å². The van der Waals surface area contributed by atoms with Crippen molar-refractivity contribution in [3.05, 3.63) is 58.9 Å². The second-order valence-electron chi connectivity index (χ2n) is 4.97. The second kappa shape index (κ2) is 10.5. The molecule has 1 heterocycles. The maximum absolute atomic E-state index is 12.0. The smallest absolute Gasteiger partial charge is 0.372 e. The summed E-state index contributed by atoms with van der Waals surface area (Å²) >= 11 is 5.83. The number of carbonyl (C=O) groups is 2. The lowest BCUT2D eigenvalue weighted by atomic mass is 10.2. The van der Waals surface area contributed by atoms with Gasteiger partial charge < -0.3 is 26.8 Å². The van der Waals surface area contributed by atoms with Gasteiger partial charge in [-0.15, -0.1) is 0 Å². The van der Waals surface area contributed by atoms with Crippen LogP contribution in [-0.2, 0) is 16.1 Å². The Bertz CT molecular complexity index is 797. The van der Waals surface area contributed by atoms with Gasteiger partial charge in [0, 0.05) is 22.7 Å². The molecule has 0 unspecified atom stereocenters. The van der Waals surface area contributed by atoms with Crippen LogP contribution in [0.4, 0.5) is 0 Å². The molecule has 1 amide bonds. The first-order chi connectivity index (χ1) is 12.0. The zero-order valence-electron chi connectivity index (χ0n) is 13.9. The molecule has 138 valence electrons. The van der Waals surface area contributed by atoms with E-state index in [-0.39, 0.29) is 35.2 Å². The molecule has 0 aliphatic rings. The summed E-state index contributed by atoms with van der Waals surface area (Å²) in [4.78, 5) is 23.4. The zero-order valence-corrected chi connectivity index (χ0v) is 16.2. The Kier molecular flexibility index (Phi) is 8.74. The number of pyridine rings is 1. The fraction of sp³-hybridized carbons (Fsp3) is 0.176. The second-order valence-corrected chi connectivity index (χ2v) is 5.40. The maximum Gasteiger partial charge on any atom is 0.372 e. The van der Waals surface area contributed by atoms with Crippen LogP contribution in [0.25, 0.3) is 0 Å². The molecule has 2 aromatic rings. The van der Waals surface area contributed by atoms with Crippen LogP contribution in [0.1, 0.15) is 22.8 Å². The molecular formula is C17H17BrClN3O4. The molecule has 0 spiro atoms. The van der Waals surface area contributed by atoms with E-state index in [4.69, 9.17) is 16.3 Å². The average molecular weight is 443 g/mol. The molecule has 0 atom stereocenters. The number of rotatable bonds is 6. The number of benzene rings is 1. The van der Waals surface area contributed by atoms with Crippen molar-refractivity contribution in [2.45, 2.75) is 13.5 Å². The highest BCUT2D eigenvalue weighted by atomic mass is 79.9. The molecular weight excluding hydrogens is 426 g/mol. The maximum atomic E-state index is 12.0. The van der Waals surface area contributed by atoms with Gasteiger partial charge in [-0.1, -0.05) is 11.6 Å². The van der Waals surface area contributed by atoms with Gasteiger partial charge in [0.2, 0.25) is 6.54 Å². The molecule has 2 rings (SSSR count). The standard InChI is InChI=1S/C17H16ClN3O4.BrH/c1-2-25-16(23)11-21-7-5-12(6-8-21)17(24)20-19-10-13-9-14(18)3-4-15(13)22;/h3-10,24H,2,11H2,1H3;1H. The van der Waals surface area contributed by atoms with Gasteiger partial charge in [0.05, 0.1) is 18.4 Å². The quantitative estimate of drug-likeness (QED) is 0.251. The third kappa shape index (κ3) is 6.45. The van der Waals surface area contributed by atoms with Crippen LogP contribution >= 0.6 is 11.6 Å². The summed E-state index contributed by atoms with van der Waals surface area (Å²) in [7, 11) is 0. The number of esters is 1. The van der Waals surface area contributed by atoms with Gasteiger partial charge in [-0.2, -0.15) is 9.67 Å². The lowest BCUT2D eigenvalue weighted by Gasteiger charge is -2.01. The molecule has 1 aromatic carbocycles. The van der Waals surface area contributed by atoms with E-state index in [1.54, 1.807) is 42.1 Å². The number of nitrogens with zero attached hydrogens (tertiary/aromatic N) is 2. The number of halogens is 2. The number of phenols is 1. The molecule has 0 saturated carbocycles. The Morgan fingerprint density at radius 2 is 2.00 bits per heavy atom. The van der Waals surface area contributed by atoms with Crippen molar-refractivity contribution >= 4 is 29.7 Å². The summed E-state index contributed by atoms with van der Waals surface area (Å²) in [6.07, 6.45) is 4.49. The van der Waals surface area contributed by atoms with Crippen molar-refractivity contribution in [1.82, 2.24) is 5.43 Å². The van der Waals surface area contributed by atoms with E-state index < -0.39 is 5.91 Å². The van der Waals surface area contributed by atoms with Crippen molar-refractivity contribution in [2.24, 2.45) is 5.10 Å². The number of aromatic nitrogens is 1. The van der Waals surface area contributed by atoms with Gasteiger partial charge in [-0.25, -0.2) is 10.2 Å². The van der Waals surface area contributed by atoms with Crippen LogP contribution in [0.2, 0.25) is 5.02 Å². The van der Waals surface area contributed by atoms with E-state index in [9.17, 15) is 14.7 Å². The minimum absolute atomic E-state index is 0. The molecule has 0 bridgehead atoms. The third-order valence-corrected chi connectivity index (χ3v) is 3.36. The zero-order chi connectivity index (χ0) is 18.2. The normalized spacial score (nSPS) is 10.2. The Morgan fingerprint density at radius 1 is 1.31 bits per heavy atom. The Balaban J connectivity index is 0.00000338. The SMILES string of the molecule is CCOC(=O)C[n+]1ccc(C(=O)N/N=C/c2cc(Cl)ccc2O)cc1.[Br-]. The highest BCUT2D eigenvalue weighted by Crippen LogP contribution is 2.19. The van der Waals surface area contributed by atoms with Crippen LogP contribution in [0.3, 0.4) is 0 Å². The summed E-state index contributed by atoms with van der Waals surface area (Å²) in [5.41, 5.74) is 3.10. The number of hydrazone groups is 1. The van der Waals surface area contributed by atoms with Crippen molar-refractivity contribution in [3.8, 4) is 5.75 Å². The topological polar surface area (TPSA) is 91.9 Å². The van der Waals surface area contributed by atoms with Crippen molar-refractivity contribution < 1.29 is 41.0 Å². The lowest BCUT2D eigenvalue weighted by molar-refractivity contribution is -0.686. The van der Waals surface area contributed by atoms with Gasteiger partial charge >= 0.3 is 5.97 Å². The van der Waals surface area contributed by atoms with Crippen LogP contribution < -0.4 is 27.0 Å². The van der Waals surface area contributed by atoms with Gasteiger partial charge in [-0.05, 0) is 25.1 Å². The highest BCUT2D eigenvalue weighted by molar-refractivity contribution is 6.30. The van der Waals surface area contributed by atoms with Crippen LogP contribution in [0, 0.1) is 0 Å². The molecule has 26 heavy (non-hydrogen) atoms. The lowest BCUT2D eigenvalue weighted by Crippen LogP contribution is -3.00. The summed E-state index contributed by atoms with van der Waals surface area (Å²) in [6.45, 7) is 2.13. The number of carbonyl (C=O) groups excluding carboxylic acids is 2. The van der Waals surface area contributed by atoms with E-state index in [0.717, 1.165) is 0 Å². The molecule has 2 N–H and O–H groups in total. The first-order valence-corrected chi connectivity index (χ1v) is 7.84. The Hall–Kier alpha value is -2.45. The van der Waals surface area contributed by atoms with E-state index in [1.807, 2.05) is 0 Å². The monoisotopic (exact) mass is 441 g/mol. The molecule has 0 aliphatic heterocycles. The van der Waals surface area contributed by atoms with Crippen molar-refractivity contribution in [3.63, 3.8) is 0 Å². The van der Waals surface area contributed by atoms with Crippen LogP contribution in [0.15, 0.2) is 47.8 Å². The summed E-state index contributed by atoms with van der Waals surface area (Å²) in [5, 5.41) is 13.9. The Morgan fingerprint density at radius 3 is 2.65 bits per heavy atom. The fourth-order valence-electron chi connectivity index (χ4n) is 1.92. The Labute approximate surface area is 166 Å². The minimum Gasteiger partial charge on any atom is -1.00 e. The number of amides is 1. The molecule has 1 aromatic heterocycles. The summed E-state index contributed by atoms with van der Waals surface area (Å²) in [6, 6.07) is 7.61. The molecule has 0 fully saturated rings. The predicted molar refractivity (Wildman–Crippen MR) is 91.4 cm³/mol. The fourth-order valence-corrected chi connectivity index (χ4v) is 2.10. The minimum atomic E-state index is -0.430. The van der Waals surface area contributed by atoms with E-state index in [1.165, 1.54) is 18.3 Å². The molecule has 9 heteroatoms. The van der Waals surface area contributed by atoms with Gasteiger partial charge in [0.15, 0.2) is 12.4 Å². The third-order valence-electron chi connectivity index (χ3n) is 3.13. The number of phenolic OH excluding ortho intramolecular Hbond substituents is 1.